The van der Waals surface area contributed by atoms with Crippen LogP contribution in [0.4, 0.5) is 0 Å². The molecule has 0 aliphatic carbocycles. The molecule has 1 N–H and O–H groups in total. The van der Waals surface area contributed by atoms with Gasteiger partial charge in [0.25, 0.3) is 0 Å². The van der Waals surface area contributed by atoms with Crippen LogP contribution in [0.5, 0.6) is 0 Å². The van der Waals surface area contributed by atoms with E-state index in [4.69, 9.17) is 23.2 Å². The molecule has 2 saturated heterocycles. The van der Waals surface area contributed by atoms with Crippen molar-refractivity contribution in [3.8, 4) is 11.1 Å². The highest BCUT2D eigenvalue weighted by Crippen LogP contribution is 2.32. The van der Waals surface area contributed by atoms with Crippen molar-refractivity contribution >= 4 is 29.1 Å². The number of carbonyl (C=O) groups is 1. The molecule has 5 nitrogen and oxygen atoms in total. The molecule has 0 radical (unpaired) electrons. The fourth-order valence-corrected chi connectivity index (χ4v) is 6.57. The summed E-state index contributed by atoms with van der Waals surface area (Å²) < 4.78 is 0. The fraction of sp³-hybridized carbons (Fsp3) is 0.438. The Morgan fingerprint density at radius 2 is 1.36 bits per heavy atom. The molecule has 7 heteroatoms. The number of nitrogens with one attached hydrogen (secondary N) is 1. The van der Waals surface area contributed by atoms with E-state index in [9.17, 15) is 4.79 Å². The maximum absolute atomic E-state index is 11.3. The third-order valence-corrected chi connectivity index (χ3v) is 8.61. The van der Waals surface area contributed by atoms with Crippen LogP contribution >= 0.6 is 23.2 Å². The molecular weight excluding hydrogens is 527 g/mol. The highest BCUT2D eigenvalue weighted by atomic mass is 35.5. The van der Waals surface area contributed by atoms with Gasteiger partial charge in [0.1, 0.15) is 0 Å². The van der Waals surface area contributed by atoms with Crippen LogP contribution in [0.15, 0.2) is 60.9 Å². The molecule has 1 amide bonds. The van der Waals surface area contributed by atoms with Gasteiger partial charge in [-0.25, -0.2) is 0 Å². The van der Waals surface area contributed by atoms with E-state index in [0.717, 1.165) is 64.2 Å². The van der Waals surface area contributed by atoms with Gasteiger partial charge in [-0.05, 0) is 134 Å². The van der Waals surface area contributed by atoms with Crippen LogP contribution < -0.4 is 5.32 Å². The SMILES string of the molecule is CC(=O)NCC1CCN(Cc2cc(CN3CCC(c4ccncc4)CC3)cc(-c3cc(Cl)cc(Cl)c3)c2)CC1. The van der Waals surface area contributed by atoms with Gasteiger partial charge in [0.15, 0.2) is 0 Å². The topological polar surface area (TPSA) is 48.5 Å². The number of nitrogens with zero attached hydrogens (tertiary/aromatic N) is 3. The van der Waals surface area contributed by atoms with Crippen LogP contribution in [0.2, 0.25) is 10.0 Å². The van der Waals surface area contributed by atoms with Crippen molar-refractivity contribution in [3.63, 3.8) is 0 Å². The largest absolute Gasteiger partial charge is 0.356 e. The minimum atomic E-state index is 0.0597. The predicted molar refractivity (Wildman–Crippen MR) is 160 cm³/mol. The molecular formula is C32H38Cl2N4O. The van der Waals surface area contributed by atoms with E-state index >= 15 is 0 Å². The second-order valence-electron chi connectivity index (χ2n) is 11.2. The third kappa shape index (κ3) is 8.04. The maximum atomic E-state index is 11.3. The Morgan fingerprint density at radius 3 is 1.92 bits per heavy atom. The van der Waals surface area contributed by atoms with E-state index < -0.39 is 0 Å². The van der Waals surface area contributed by atoms with E-state index in [1.807, 2.05) is 24.5 Å². The number of rotatable bonds is 8. The molecule has 5 rings (SSSR count). The molecule has 2 aliphatic heterocycles. The standard InChI is InChI=1S/C32H38Cl2N4O/c1-23(39)36-20-24-4-10-37(11-5-24)21-25-14-26(16-29(15-25)30-17-31(33)19-32(34)18-30)22-38-12-6-28(7-13-38)27-2-8-35-9-3-27/h2-3,8-9,14-19,24,28H,4-7,10-13,20-22H2,1H3,(H,36,39). The van der Waals surface area contributed by atoms with Crippen molar-refractivity contribution in [2.24, 2.45) is 5.92 Å². The molecule has 0 spiro atoms. The number of hydrogen-bond donors (Lipinski definition) is 1. The lowest BCUT2D eigenvalue weighted by molar-refractivity contribution is -0.119. The summed E-state index contributed by atoms with van der Waals surface area (Å²) in [7, 11) is 0. The van der Waals surface area contributed by atoms with Crippen LogP contribution in [0.1, 0.15) is 55.2 Å². The van der Waals surface area contributed by atoms with E-state index in [0.29, 0.717) is 21.9 Å². The van der Waals surface area contributed by atoms with E-state index in [1.165, 1.54) is 35.1 Å². The molecule has 1 aromatic heterocycles. The van der Waals surface area contributed by atoms with Gasteiger partial charge in [0.2, 0.25) is 5.91 Å². The zero-order valence-corrected chi connectivity index (χ0v) is 24.2. The summed E-state index contributed by atoms with van der Waals surface area (Å²) in [5, 5.41) is 4.30. The summed E-state index contributed by atoms with van der Waals surface area (Å²) in [6.45, 7) is 8.54. The number of carbonyl (C=O) groups excluding carboxylic acids is 1. The monoisotopic (exact) mass is 564 g/mol. The molecule has 3 aromatic rings. The summed E-state index contributed by atoms with van der Waals surface area (Å²) >= 11 is 12.8. The quantitative estimate of drug-likeness (QED) is 0.327. The molecule has 2 aliphatic rings. The summed E-state index contributed by atoms with van der Waals surface area (Å²) in [4.78, 5) is 20.6. The molecule has 0 saturated carbocycles. The van der Waals surface area contributed by atoms with Crippen LogP contribution in [0.25, 0.3) is 11.1 Å². The molecule has 0 unspecified atom stereocenters. The number of likely N-dealkylation sites (tertiary alicyclic amines) is 2. The molecule has 0 atom stereocenters. The average molecular weight is 566 g/mol. The number of amides is 1. The minimum absolute atomic E-state index is 0.0597. The van der Waals surface area contributed by atoms with Gasteiger partial charge < -0.3 is 5.32 Å². The normalized spacial score (nSPS) is 17.8. The van der Waals surface area contributed by atoms with E-state index in [1.54, 1.807) is 13.0 Å². The van der Waals surface area contributed by atoms with Gasteiger partial charge in [-0.1, -0.05) is 29.3 Å². The first-order valence-electron chi connectivity index (χ1n) is 14.1. The van der Waals surface area contributed by atoms with Crippen molar-refractivity contribution < 1.29 is 4.79 Å². The number of pyridine rings is 1. The molecule has 2 fully saturated rings. The molecule has 39 heavy (non-hydrogen) atoms. The Balaban J connectivity index is 1.28. The van der Waals surface area contributed by atoms with Crippen LogP contribution in [-0.4, -0.2) is 53.4 Å². The Labute approximate surface area is 242 Å². The van der Waals surface area contributed by atoms with Crippen molar-refractivity contribution in [1.82, 2.24) is 20.1 Å². The summed E-state index contributed by atoms with van der Waals surface area (Å²) in [5.41, 5.74) is 6.29. The maximum Gasteiger partial charge on any atom is 0.216 e. The van der Waals surface area contributed by atoms with Crippen molar-refractivity contribution in [3.05, 3.63) is 87.7 Å². The van der Waals surface area contributed by atoms with E-state index in [-0.39, 0.29) is 5.91 Å². The van der Waals surface area contributed by atoms with Crippen molar-refractivity contribution in [2.75, 3.05) is 32.7 Å². The summed E-state index contributed by atoms with van der Waals surface area (Å²) in [5.74, 6) is 1.24. The number of piperidine rings is 2. The lowest BCUT2D eigenvalue weighted by Gasteiger charge is -2.33. The predicted octanol–water partition coefficient (Wildman–Crippen LogP) is 6.78. The van der Waals surface area contributed by atoms with Crippen LogP contribution in [0.3, 0.4) is 0 Å². The smallest absolute Gasteiger partial charge is 0.216 e. The number of aromatic nitrogens is 1. The molecule has 2 aromatic carbocycles. The van der Waals surface area contributed by atoms with Gasteiger partial charge >= 0.3 is 0 Å². The molecule has 206 valence electrons. The Hall–Kier alpha value is -2.44. The third-order valence-electron chi connectivity index (χ3n) is 8.17. The Kier molecular flexibility index (Phi) is 9.57. The Bertz CT molecular complexity index is 1230. The molecule has 3 heterocycles. The Morgan fingerprint density at radius 1 is 0.821 bits per heavy atom. The number of hydrogen-bond acceptors (Lipinski definition) is 4. The first kappa shape index (κ1) is 28.1. The molecule has 0 bridgehead atoms. The van der Waals surface area contributed by atoms with Crippen molar-refractivity contribution in [1.29, 1.82) is 0 Å². The first-order chi connectivity index (χ1) is 18.9. The zero-order valence-electron chi connectivity index (χ0n) is 22.7. The van der Waals surface area contributed by atoms with Crippen molar-refractivity contribution in [2.45, 2.75) is 51.6 Å². The number of benzene rings is 2. The van der Waals surface area contributed by atoms with Gasteiger partial charge in [-0.3, -0.25) is 19.6 Å². The highest BCUT2D eigenvalue weighted by molar-refractivity contribution is 6.35. The summed E-state index contributed by atoms with van der Waals surface area (Å²) in [6.07, 6.45) is 8.39. The van der Waals surface area contributed by atoms with Gasteiger partial charge in [-0.2, -0.15) is 0 Å². The second kappa shape index (κ2) is 13.3. The number of halogens is 2. The van der Waals surface area contributed by atoms with Gasteiger partial charge in [0, 0.05) is 49.0 Å². The van der Waals surface area contributed by atoms with E-state index in [2.05, 4.69) is 50.4 Å². The lowest BCUT2D eigenvalue weighted by atomic mass is 9.90. The van der Waals surface area contributed by atoms with Gasteiger partial charge in [-0.15, -0.1) is 0 Å². The van der Waals surface area contributed by atoms with Crippen LogP contribution in [-0.2, 0) is 17.9 Å². The fourth-order valence-electron chi connectivity index (χ4n) is 6.05. The summed E-state index contributed by atoms with van der Waals surface area (Å²) in [6, 6.07) is 17.1. The minimum Gasteiger partial charge on any atom is -0.356 e. The van der Waals surface area contributed by atoms with Gasteiger partial charge in [0.05, 0.1) is 0 Å². The van der Waals surface area contributed by atoms with Crippen LogP contribution in [0, 0.1) is 5.92 Å². The zero-order chi connectivity index (χ0) is 27.2. The lowest BCUT2D eigenvalue weighted by Crippen LogP contribution is -2.37. The highest BCUT2D eigenvalue weighted by Gasteiger charge is 2.22. The average Bonchev–Trinajstić information content (AvgIpc) is 2.93. The second-order valence-corrected chi connectivity index (χ2v) is 12.1. The first-order valence-corrected chi connectivity index (χ1v) is 14.9.